The second-order valence-corrected chi connectivity index (χ2v) is 4.83. The molecule has 0 saturated heterocycles. The lowest BCUT2D eigenvalue weighted by atomic mass is 10.3. The van der Waals surface area contributed by atoms with E-state index in [0.29, 0.717) is 6.54 Å². The topological polar surface area (TPSA) is 118 Å². The molecule has 0 unspecified atom stereocenters. The van der Waals surface area contributed by atoms with Gasteiger partial charge in [-0.25, -0.2) is 13.6 Å². The molecule has 0 radical (unpaired) electrons. The van der Waals surface area contributed by atoms with E-state index in [-0.39, 0.29) is 16.3 Å². The largest absolute Gasteiger partial charge is 0.351 e. The minimum absolute atomic E-state index is 0.187. The van der Waals surface area contributed by atoms with Crippen molar-refractivity contribution < 1.29 is 13.2 Å². The van der Waals surface area contributed by atoms with Crippen molar-refractivity contribution in [3.63, 3.8) is 0 Å². The van der Waals surface area contributed by atoms with Gasteiger partial charge in [-0.05, 0) is 13.3 Å². The van der Waals surface area contributed by atoms with Crippen molar-refractivity contribution in [3.05, 3.63) is 11.4 Å². The zero-order valence-electron chi connectivity index (χ0n) is 9.07. The molecule has 1 rings (SSSR count). The fraction of sp³-hybridized carbons (Fsp3) is 0.500. The number of H-pyrrole nitrogens is 1. The second-order valence-electron chi connectivity index (χ2n) is 3.33. The van der Waals surface area contributed by atoms with Crippen molar-refractivity contribution >= 4 is 15.9 Å². The number of nitrogens with zero attached hydrogens (tertiary/aromatic N) is 1. The average molecular weight is 246 g/mol. The third-order valence-electron chi connectivity index (χ3n) is 1.93. The van der Waals surface area contributed by atoms with Crippen LogP contribution in [-0.4, -0.2) is 31.1 Å². The number of hydrogen-bond donors (Lipinski definition) is 3. The third kappa shape index (κ3) is 2.58. The van der Waals surface area contributed by atoms with E-state index in [4.69, 9.17) is 5.14 Å². The summed E-state index contributed by atoms with van der Waals surface area (Å²) < 4.78 is 22.5. The molecule has 1 aromatic rings. The average Bonchev–Trinajstić information content (AvgIpc) is 2.56. The monoisotopic (exact) mass is 246 g/mol. The number of amides is 1. The van der Waals surface area contributed by atoms with Crippen molar-refractivity contribution in [2.24, 2.45) is 5.14 Å². The van der Waals surface area contributed by atoms with E-state index in [1.54, 1.807) is 0 Å². The van der Waals surface area contributed by atoms with Gasteiger partial charge >= 0.3 is 0 Å². The van der Waals surface area contributed by atoms with Gasteiger partial charge in [0.15, 0.2) is 5.69 Å². The van der Waals surface area contributed by atoms with Gasteiger partial charge in [0.1, 0.15) is 4.90 Å². The molecule has 1 amide bonds. The maximum Gasteiger partial charge on any atom is 0.273 e. The van der Waals surface area contributed by atoms with Gasteiger partial charge < -0.3 is 5.32 Å². The second kappa shape index (κ2) is 4.62. The van der Waals surface area contributed by atoms with E-state index in [9.17, 15) is 13.2 Å². The number of sulfonamides is 1. The normalized spacial score (nSPS) is 11.4. The first-order valence-electron chi connectivity index (χ1n) is 4.74. The van der Waals surface area contributed by atoms with Gasteiger partial charge in [-0.15, -0.1) is 0 Å². The fourth-order valence-corrected chi connectivity index (χ4v) is 2.12. The molecule has 0 saturated carbocycles. The van der Waals surface area contributed by atoms with Crippen LogP contribution in [0.5, 0.6) is 0 Å². The Hall–Kier alpha value is -1.41. The predicted octanol–water partition coefficient (Wildman–Crippen LogP) is -0.495. The maximum atomic E-state index is 11.6. The zero-order chi connectivity index (χ0) is 12.3. The number of carbonyl (C=O) groups is 1. The van der Waals surface area contributed by atoms with E-state index in [1.165, 1.54) is 6.92 Å². The Labute approximate surface area is 93.5 Å². The van der Waals surface area contributed by atoms with E-state index >= 15 is 0 Å². The molecule has 8 heteroatoms. The lowest BCUT2D eigenvalue weighted by molar-refractivity contribution is 0.0945. The summed E-state index contributed by atoms with van der Waals surface area (Å²) in [5, 5.41) is 13.6. The highest BCUT2D eigenvalue weighted by molar-refractivity contribution is 7.89. The highest BCUT2D eigenvalue weighted by Gasteiger charge is 2.25. The van der Waals surface area contributed by atoms with Crippen LogP contribution in [0.25, 0.3) is 0 Å². The van der Waals surface area contributed by atoms with Gasteiger partial charge in [-0.2, -0.15) is 5.10 Å². The minimum Gasteiger partial charge on any atom is -0.351 e. The Morgan fingerprint density at radius 3 is 2.69 bits per heavy atom. The number of aryl methyl sites for hydroxylation is 1. The molecule has 0 aliphatic rings. The van der Waals surface area contributed by atoms with Gasteiger partial charge in [0.25, 0.3) is 5.91 Å². The Morgan fingerprint density at radius 2 is 2.19 bits per heavy atom. The van der Waals surface area contributed by atoms with Crippen LogP contribution in [0, 0.1) is 6.92 Å². The summed E-state index contributed by atoms with van der Waals surface area (Å²) in [7, 11) is -3.95. The Bertz CT molecular complexity index is 491. The smallest absolute Gasteiger partial charge is 0.273 e. The number of nitrogens with two attached hydrogens (primary N) is 1. The number of carbonyl (C=O) groups excluding carboxylic acids is 1. The van der Waals surface area contributed by atoms with E-state index < -0.39 is 15.9 Å². The highest BCUT2D eigenvalue weighted by atomic mass is 32.2. The number of hydrogen-bond acceptors (Lipinski definition) is 4. The number of nitrogens with one attached hydrogen (secondary N) is 2. The molecule has 0 aromatic carbocycles. The molecule has 0 aliphatic heterocycles. The van der Waals surface area contributed by atoms with E-state index in [0.717, 1.165) is 6.42 Å². The third-order valence-corrected chi connectivity index (χ3v) is 2.99. The van der Waals surface area contributed by atoms with Crippen LogP contribution in [0.3, 0.4) is 0 Å². The standard InChI is InChI=1S/C8H14N4O3S/c1-3-4-10-8(13)6-7(16(9,14)15)5(2)11-12-6/h3-4H2,1-2H3,(H,10,13)(H,11,12)(H2,9,14,15). The molecule has 90 valence electrons. The summed E-state index contributed by atoms with van der Waals surface area (Å²) in [6.07, 6.45) is 0.750. The van der Waals surface area contributed by atoms with Crippen LogP contribution in [0.4, 0.5) is 0 Å². The van der Waals surface area contributed by atoms with Gasteiger partial charge in [0.2, 0.25) is 10.0 Å². The summed E-state index contributed by atoms with van der Waals surface area (Å²) >= 11 is 0. The summed E-state index contributed by atoms with van der Waals surface area (Å²) in [6.45, 7) is 3.83. The molecule has 16 heavy (non-hydrogen) atoms. The number of primary sulfonamides is 1. The Balaban J connectivity index is 3.11. The van der Waals surface area contributed by atoms with Crippen molar-refractivity contribution in [1.82, 2.24) is 15.5 Å². The number of aromatic nitrogens is 2. The van der Waals surface area contributed by atoms with Crippen LogP contribution < -0.4 is 10.5 Å². The van der Waals surface area contributed by atoms with E-state index in [1.807, 2.05) is 6.92 Å². The molecule has 1 aromatic heterocycles. The molecular weight excluding hydrogens is 232 g/mol. The van der Waals surface area contributed by atoms with Gasteiger partial charge in [-0.3, -0.25) is 9.89 Å². The molecule has 0 aliphatic carbocycles. The fourth-order valence-electron chi connectivity index (χ4n) is 1.24. The number of aromatic amines is 1. The van der Waals surface area contributed by atoms with Crippen molar-refractivity contribution in [1.29, 1.82) is 0 Å². The van der Waals surface area contributed by atoms with Crippen LogP contribution in [-0.2, 0) is 10.0 Å². The van der Waals surface area contributed by atoms with Gasteiger partial charge in [0.05, 0.1) is 5.69 Å². The van der Waals surface area contributed by atoms with Crippen molar-refractivity contribution in [3.8, 4) is 0 Å². The summed E-state index contributed by atoms with van der Waals surface area (Å²) in [5.74, 6) is -0.546. The first-order chi connectivity index (χ1) is 7.38. The minimum atomic E-state index is -3.95. The molecule has 0 spiro atoms. The Kier molecular flexibility index (Phi) is 3.66. The van der Waals surface area contributed by atoms with Crippen molar-refractivity contribution in [2.75, 3.05) is 6.54 Å². The van der Waals surface area contributed by atoms with Crippen molar-refractivity contribution in [2.45, 2.75) is 25.2 Å². The molecular formula is C8H14N4O3S. The first-order valence-corrected chi connectivity index (χ1v) is 6.28. The zero-order valence-corrected chi connectivity index (χ0v) is 9.89. The first kappa shape index (κ1) is 12.7. The lowest BCUT2D eigenvalue weighted by Gasteiger charge is -2.02. The Morgan fingerprint density at radius 1 is 1.56 bits per heavy atom. The van der Waals surface area contributed by atoms with Gasteiger partial charge in [0, 0.05) is 6.54 Å². The molecule has 0 atom stereocenters. The lowest BCUT2D eigenvalue weighted by Crippen LogP contribution is -2.27. The van der Waals surface area contributed by atoms with Crippen LogP contribution in [0.2, 0.25) is 0 Å². The van der Waals surface area contributed by atoms with Crippen LogP contribution >= 0.6 is 0 Å². The summed E-state index contributed by atoms with van der Waals surface area (Å²) in [5.41, 5.74) is 0.0672. The summed E-state index contributed by atoms with van der Waals surface area (Å²) in [6, 6.07) is 0. The van der Waals surface area contributed by atoms with Crippen LogP contribution in [0.1, 0.15) is 29.5 Å². The predicted molar refractivity (Wildman–Crippen MR) is 57.3 cm³/mol. The molecule has 4 N–H and O–H groups in total. The SMILES string of the molecule is CCCNC(=O)c1n[nH]c(C)c1S(N)(=O)=O. The van der Waals surface area contributed by atoms with E-state index in [2.05, 4.69) is 15.5 Å². The van der Waals surface area contributed by atoms with Crippen LogP contribution in [0.15, 0.2) is 4.90 Å². The highest BCUT2D eigenvalue weighted by Crippen LogP contribution is 2.15. The quantitative estimate of drug-likeness (QED) is 0.664. The molecule has 0 bridgehead atoms. The number of rotatable bonds is 4. The molecule has 0 fully saturated rings. The molecule has 7 nitrogen and oxygen atoms in total. The summed E-state index contributed by atoms with van der Waals surface area (Å²) in [4.78, 5) is 11.3. The maximum absolute atomic E-state index is 11.6. The molecule has 1 heterocycles. The van der Waals surface area contributed by atoms with Gasteiger partial charge in [-0.1, -0.05) is 6.92 Å².